The highest BCUT2D eigenvalue weighted by Gasteiger charge is 2.16. The van der Waals surface area contributed by atoms with Gasteiger partial charge < -0.3 is 10.1 Å². The molecule has 1 aliphatic heterocycles. The van der Waals surface area contributed by atoms with E-state index in [1.165, 1.54) is 24.8 Å². The molecular weight excluding hydrogens is 210 g/mol. The molecule has 1 fully saturated rings. The van der Waals surface area contributed by atoms with Gasteiger partial charge in [0.15, 0.2) is 0 Å². The van der Waals surface area contributed by atoms with Gasteiger partial charge in [0, 0.05) is 16.3 Å². The molecular formula is C11H15NO2S. The fourth-order valence-electron chi connectivity index (χ4n) is 1.89. The van der Waals surface area contributed by atoms with Crippen molar-refractivity contribution < 1.29 is 9.53 Å². The Morgan fingerprint density at radius 3 is 3.27 bits per heavy atom. The van der Waals surface area contributed by atoms with Crippen molar-refractivity contribution in [2.24, 2.45) is 0 Å². The van der Waals surface area contributed by atoms with E-state index in [1.54, 1.807) is 11.3 Å². The molecule has 1 N–H and O–H groups in total. The van der Waals surface area contributed by atoms with Crippen molar-refractivity contribution in [1.29, 1.82) is 0 Å². The van der Waals surface area contributed by atoms with Gasteiger partial charge in [0.25, 0.3) is 0 Å². The highest BCUT2D eigenvalue weighted by molar-refractivity contribution is 7.10. The highest BCUT2D eigenvalue weighted by atomic mass is 32.1. The van der Waals surface area contributed by atoms with Crippen LogP contribution in [-0.2, 0) is 11.2 Å². The van der Waals surface area contributed by atoms with Crippen LogP contribution in [0.4, 0.5) is 0 Å². The minimum atomic E-state index is -0.239. The molecule has 0 bridgehead atoms. The average Bonchev–Trinajstić information content (AvgIpc) is 2.88. The molecule has 15 heavy (non-hydrogen) atoms. The van der Waals surface area contributed by atoms with Gasteiger partial charge in [0.1, 0.15) is 0 Å². The lowest BCUT2D eigenvalue weighted by Crippen LogP contribution is -2.23. The van der Waals surface area contributed by atoms with E-state index in [1.807, 2.05) is 11.4 Å². The Bertz CT molecular complexity index is 342. The third-order valence-corrected chi connectivity index (χ3v) is 3.64. The number of hydrogen-bond donors (Lipinski definition) is 1. The first-order chi connectivity index (χ1) is 7.29. The maximum atomic E-state index is 11.2. The van der Waals surface area contributed by atoms with Crippen LogP contribution in [0.2, 0.25) is 0 Å². The molecule has 0 saturated carbocycles. The van der Waals surface area contributed by atoms with E-state index >= 15 is 0 Å². The largest absolute Gasteiger partial charge is 0.465 e. The molecule has 4 heteroatoms. The summed E-state index contributed by atoms with van der Waals surface area (Å²) in [5, 5.41) is 5.32. The van der Waals surface area contributed by atoms with E-state index in [9.17, 15) is 4.79 Å². The maximum Gasteiger partial charge on any atom is 0.338 e. The van der Waals surface area contributed by atoms with Crippen molar-refractivity contribution in [2.75, 3.05) is 13.7 Å². The lowest BCUT2D eigenvalue weighted by atomic mass is 10.1. The Balaban J connectivity index is 1.97. The van der Waals surface area contributed by atoms with Crippen LogP contribution >= 0.6 is 11.3 Å². The summed E-state index contributed by atoms with van der Waals surface area (Å²) < 4.78 is 4.67. The van der Waals surface area contributed by atoms with Crippen LogP contribution in [0.1, 0.15) is 28.1 Å². The third kappa shape index (κ3) is 2.58. The second-order valence-electron chi connectivity index (χ2n) is 3.79. The molecule has 0 aromatic carbocycles. The third-order valence-electron chi connectivity index (χ3n) is 2.68. The van der Waals surface area contributed by atoms with Crippen LogP contribution in [0.5, 0.6) is 0 Å². The van der Waals surface area contributed by atoms with E-state index in [0.717, 1.165) is 13.0 Å². The Kier molecular flexibility index (Phi) is 3.38. The van der Waals surface area contributed by atoms with Gasteiger partial charge in [-0.25, -0.2) is 4.79 Å². The highest BCUT2D eigenvalue weighted by Crippen LogP contribution is 2.19. The molecule has 1 aliphatic rings. The van der Waals surface area contributed by atoms with Crippen molar-refractivity contribution in [2.45, 2.75) is 25.3 Å². The number of esters is 1. The van der Waals surface area contributed by atoms with Gasteiger partial charge >= 0.3 is 5.97 Å². The van der Waals surface area contributed by atoms with E-state index in [0.29, 0.717) is 11.6 Å². The summed E-state index contributed by atoms with van der Waals surface area (Å²) in [5.74, 6) is -0.239. The fourth-order valence-corrected chi connectivity index (χ4v) is 2.82. The predicted molar refractivity (Wildman–Crippen MR) is 60.4 cm³/mol. The Labute approximate surface area is 93.4 Å². The molecule has 0 amide bonds. The number of methoxy groups -OCH3 is 1. The van der Waals surface area contributed by atoms with Crippen LogP contribution in [-0.4, -0.2) is 25.7 Å². The SMILES string of the molecule is COC(=O)c1csc(CC2CCCN2)c1. The number of nitrogens with one attached hydrogen (secondary N) is 1. The number of hydrogen-bond acceptors (Lipinski definition) is 4. The molecule has 1 atom stereocenters. The van der Waals surface area contributed by atoms with Gasteiger partial charge in [-0.15, -0.1) is 11.3 Å². The molecule has 1 aromatic heterocycles. The molecule has 2 heterocycles. The lowest BCUT2D eigenvalue weighted by molar-refractivity contribution is 0.0601. The molecule has 1 saturated heterocycles. The second kappa shape index (κ2) is 4.77. The zero-order chi connectivity index (χ0) is 10.7. The zero-order valence-corrected chi connectivity index (χ0v) is 9.60. The monoisotopic (exact) mass is 225 g/mol. The summed E-state index contributed by atoms with van der Waals surface area (Å²) in [6, 6.07) is 2.53. The number of rotatable bonds is 3. The van der Waals surface area contributed by atoms with E-state index in [4.69, 9.17) is 0 Å². The molecule has 82 valence electrons. The molecule has 0 aliphatic carbocycles. The normalized spacial score (nSPS) is 20.5. The molecule has 1 unspecified atom stereocenters. The summed E-state index contributed by atoms with van der Waals surface area (Å²) in [6.45, 7) is 1.12. The molecule has 2 rings (SSSR count). The Morgan fingerprint density at radius 1 is 1.73 bits per heavy atom. The lowest BCUT2D eigenvalue weighted by Gasteiger charge is -2.06. The average molecular weight is 225 g/mol. The van der Waals surface area contributed by atoms with Crippen LogP contribution < -0.4 is 5.32 Å². The van der Waals surface area contributed by atoms with Crippen molar-refractivity contribution in [3.63, 3.8) is 0 Å². The first-order valence-electron chi connectivity index (χ1n) is 5.18. The molecule has 0 radical (unpaired) electrons. The number of ether oxygens (including phenoxy) is 1. The molecule has 3 nitrogen and oxygen atoms in total. The van der Waals surface area contributed by atoms with Gasteiger partial charge in [-0.1, -0.05) is 0 Å². The first-order valence-corrected chi connectivity index (χ1v) is 6.06. The van der Waals surface area contributed by atoms with Crippen LogP contribution in [0.3, 0.4) is 0 Å². The first kappa shape index (κ1) is 10.6. The summed E-state index contributed by atoms with van der Waals surface area (Å²) >= 11 is 1.64. The fraction of sp³-hybridized carbons (Fsp3) is 0.545. The van der Waals surface area contributed by atoms with E-state index in [-0.39, 0.29) is 5.97 Å². The molecule has 1 aromatic rings. The van der Waals surface area contributed by atoms with Crippen molar-refractivity contribution in [3.05, 3.63) is 21.9 Å². The minimum absolute atomic E-state index is 0.239. The van der Waals surface area contributed by atoms with Gasteiger partial charge in [-0.3, -0.25) is 0 Å². The number of carbonyl (C=O) groups is 1. The van der Waals surface area contributed by atoms with Crippen LogP contribution in [0.25, 0.3) is 0 Å². The van der Waals surface area contributed by atoms with E-state index < -0.39 is 0 Å². The summed E-state index contributed by atoms with van der Waals surface area (Å²) in [5.41, 5.74) is 0.676. The minimum Gasteiger partial charge on any atom is -0.465 e. The Hall–Kier alpha value is -0.870. The van der Waals surface area contributed by atoms with Crippen molar-refractivity contribution in [1.82, 2.24) is 5.32 Å². The van der Waals surface area contributed by atoms with Gasteiger partial charge in [-0.2, -0.15) is 0 Å². The smallest absolute Gasteiger partial charge is 0.338 e. The summed E-state index contributed by atoms with van der Waals surface area (Å²) in [6.07, 6.45) is 3.53. The molecule has 0 spiro atoms. The van der Waals surface area contributed by atoms with Crippen LogP contribution in [0.15, 0.2) is 11.4 Å². The van der Waals surface area contributed by atoms with Crippen LogP contribution in [0, 0.1) is 0 Å². The van der Waals surface area contributed by atoms with Gasteiger partial charge in [0.05, 0.1) is 12.7 Å². The number of thiophene rings is 1. The zero-order valence-electron chi connectivity index (χ0n) is 8.79. The summed E-state index contributed by atoms with van der Waals surface area (Å²) in [7, 11) is 1.41. The van der Waals surface area contributed by atoms with Crippen molar-refractivity contribution in [3.8, 4) is 0 Å². The van der Waals surface area contributed by atoms with E-state index in [2.05, 4.69) is 10.1 Å². The number of carbonyl (C=O) groups excluding carboxylic acids is 1. The Morgan fingerprint density at radius 2 is 2.60 bits per heavy atom. The van der Waals surface area contributed by atoms with Gasteiger partial charge in [0.2, 0.25) is 0 Å². The second-order valence-corrected chi connectivity index (χ2v) is 4.79. The quantitative estimate of drug-likeness (QED) is 0.798. The maximum absolute atomic E-state index is 11.2. The van der Waals surface area contributed by atoms with Gasteiger partial charge in [-0.05, 0) is 31.9 Å². The van der Waals surface area contributed by atoms with Crippen molar-refractivity contribution >= 4 is 17.3 Å². The standard InChI is InChI=1S/C11H15NO2S/c1-14-11(13)8-5-10(15-7-8)6-9-3-2-4-12-9/h5,7,9,12H,2-4,6H2,1H3. The topological polar surface area (TPSA) is 38.3 Å². The predicted octanol–water partition coefficient (Wildman–Crippen LogP) is 1.83. The summed E-state index contributed by atoms with van der Waals surface area (Å²) in [4.78, 5) is 12.5.